The molecule has 1 aromatic heterocycles. The van der Waals surface area contributed by atoms with E-state index in [9.17, 15) is 0 Å². The van der Waals surface area contributed by atoms with Crippen LogP contribution in [0.5, 0.6) is 0 Å². The molecule has 1 unspecified atom stereocenters. The molecular weight excluding hydrogens is 453 g/mol. The summed E-state index contributed by atoms with van der Waals surface area (Å²) < 4.78 is 5.19. The lowest BCUT2D eigenvalue weighted by molar-refractivity contribution is 0.141. The Kier molecular flexibility index (Phi) is 11.4. The fourth-order valence-electron chi connectivity index (χ4n) is 2.94. The van der Waals surface area contributed by atoms with E-state index in [0.29, 0.717) is 11.2 Å². The third kappa shape index (κ3) is 8.06. The third-order valence-corrected chi connectivity index (χ3v) is 4.53. The summed E-state index contributed by atoms with van der Waals surface area (Å²) in [5.74, 6) is 0.843. The minimum Gasteiger partial charge on any atom is -0.383 e. The summed E-state index contributed by atoms with van der Waals surface area (Å²) in [6.07, 6.45) is 5.18. The molecule has 0 aliphatic carbocycles. The normalized spacial score (nSPS) is 18.0. The number of pyridine rings is 1. The van der Waals surface area contributed by atoms with Gasteiger partial charge in [-0.25, -0.2) is 4.98 Å². The number of nitrogens with one attached hydrogen (secondary N) is 2. The van der Waals surface area contributed by atoms with Crippen LogP contribution >= 0.6 is 35.6 Å². The summed E-state index contributed by atoms with van der Waals surface area (Å²) in [5.41, 5.74) is 1.16. The molecule has 1 saturated heterocycles. The second-order valence-corrected chi connectivity index (χ2v) is 6.33. The first-order chi connectivity index (χ1) is 11.7. The average Bonchev–Trinajstić information content (AvgIpc) is 3.05. The van der Waals surface area contributed by atoms with Crippen molar-refractivity contribution in [2.75, 3.05) is 46.9 Å². The molecule has 2 N–H and O–H groups in total. The standard InChI is InChI=1S/C17H28ClN5O.HI/c1-19-17(20-8-7-14-5-6-16(18)21-12-14)22-13-15-4-3-9-23(15)10-11-24-2;/h5-6,12,15H,3-4,7-11,13H2,1-2H3,(H2,19,20,22);1H. The van der Waals surface area contributed by atoms with Gasteiger partial charge in [-0.15, -0.1) is 24.0 Å². The van der Waals surface area contributed by atoms with Gasteiger partial charge in [0.1, 0.15) is 5.15 Å². The van der Waals surface area contributed by atoms with Crippen LogP contribution in [0.3, 0.4) is 0 Å². The molecule has 6 nitrogen and oxygen atoms in total. The smallest absolute Gasteiger partial charge is 0.191 e. The maximum absolute atomic E-state index is 5.80. The van der Waals surface area contributed by atoms with Crippen molar-refractivity contribution in [2.45, 2.75) is 25.3 Å². The van der Waals surface area contributed by atoms with Crippen molar-refractivity contribution in [3.63, 3.8) is 0 Å². The Morgan fingerprint density at radius 1 is 1.44 bits per heavy atom. The molecule has 1 aromatic rings. The van der Waals surface area contributed by atoms with Gasteiger partial charge < -0.3 is 15.4 Å². The van der Waals surface area contributed by atoms with Crippen molar-refractivity contribution in [3.8, 4) is 0 Å². The molecule has 1 aliphatic rings. The number of methoxy groups -OCH3 is 1. The van der Waals surface area contributed by atoms with Gasteiger partial charge in [0.2, 0.25) is 0 Å². The van der Waals surface area contributed by atoms with Gasteiger partial charge in [-0.2, -0.15) is 0 Å². The second-order valence-electron chi connectivity index (χ2n) is 5.94. The second kappa shape index (κ2) is 12.7. The summed E-state index contributed by atoms with van der Waals surface area (Å²) in [7, 11) is 3.56. The van der Waals surface area contributed by atoms with Gasteiger partial charge in [0.15, 0.2) is 5.96 Å². The fraction of sp³-hybridized carbons (Fsp3) is 0.647. The molecule has 1 fully saturated rings. The maximum atomic E-state index is 5.80. The van der Waals surface area contributed by atoms with E-state index >= 15 is 0 Å². The van der Waals surface area contributed by atoms with E-state index < -0.39 is 0 Å². The van der Waals surface area contributed by atoms with E-state index in [1.165, 1.54) is 12.8 Å². The molecule has 0 spiro atoms. The summed E-state index contributed by atoms with van der Waals surface area (Å²) in [5, 5.41) is 7.31. The number of ether oxygens (including phenoxy) is 1. The van der Waals surface area contributed by atoms with Crippen LogP contribution in [0.1, 0.15) is 18.4 Å². The number of nitrogens with zero attached hydrogens (tertiary/aromatic N) is 3. The van der Waals surface area contributed by atoms with E-state index in [1.54, 1.807) is 14.2 Å². The predicted molar refractivity (Wildman–Crippen MR) is 114 cm³/mol. The van der Waals surface area contributed by atoms with Crippen LogP contribution in [0.15, 0.2) is 23.3 Å². The zero-order chi connectivity index (χ0) is 17.2. The number of hydrogen-bond acceptors (Lipinski definition) is 4. The van der Waals surface area contributed by atoms with Crippen LogP contribution in [-0.4, -0.2) is 68.8 Å². The first-order valence-electron chi connectivity index (χ1n) is 8.51. The monoisotopic (exact) mass is 481 g/mol. The van der Waals surface area contributed by atoms with Crippen LogP contribution < -0.4 is 10.6 Å². The number of hydrogen-bond donors (Lipinski definition) is 2. The van der Waals surface area contributed by atoms with Crippen molar-refractivity contribution in [3.05, 3.63) is 29.0 Å². The highest BCUT2D eigenvalue weighted by atomic mass is 127. The van der Waals surface area contributed by atoms with E-state index in [4.69, 9.17) is 16.3 Å². The average molecular weight is 482 g/mol. The number of rotatable bonds is 8. The van der Waals surface area contributed by atoms with Gasteiger partial charge in [-0.3, -0.25) is 9.89 Å². The number of guanidine groups is 1. The summed E-state index contributed by atoms with van der Waals surface area (Å²) in [4.78, 5) is 10.9. The number of halogens is 2. The third-order valence-electron chi connectivity index (χ3n) is 4.31. The zero-order valence-corrected chi connectivity index (χ0v) is 18.1. The van der Waals surface area contributed by atoms with E-state index in [0.717, 1.165) is 50.7 Å². The number of aliphatic imine (C=N–C) groups is 1. The molecule has 142 valence electrons. The topological polar surface area (TPSA) is 61.8 Å². The Bertz CT molecular complexity index is 514. The molecule has 2 heterocycles. The minimum atomic E-state index is 0. The number of likely N-dealkylation sites (tertiary alicyclic amines) is 1. The van der Waals surface area contributed by atoms with Crippen LogP contribution in [0.4, 0.5) is 0 Å². The maximum Gasteiger partial charge on any atom is 0.191 e. The van der Waals surface area contributed by atoms with E-state index in [-0.39, 0.29) is 24.0 Å². The van der Waals surface area contributed by atoms with E-state index in [2.05, 4.69) is 25.5 Å². The molecule has 0 radical (unpaired) electrons. The number of aromatic nitrogens is 1. The van der Waals surface area contributed by atoms with Gasteiger partial charge in [0.05, 0.1) is 6.61 Å². The quantitative estimate of drug-likeness (QED) is 0.258. The zero-order valence-electron chi connectivity index (χ0n) is 15.0. The molecule has 8 heteroatoms. The van der Waals surface area contributed by atoms with Gasteiger partial charge in [0.25, 0.3) is 0 Å². The Morgan fingerprint density at radius 2 is 2.28 bits per heavy atom. The molecule has 1 aliphatic heterocycles. The van der Waals surface area contributed by atoms with Gasteiger partial charge in [-0.1, -0.05) is 17.7 Å². The van der Waals surface area contributed by atoms with Crippen LogP contribution in [0, 0.1) is 0 Å². The summed E-state index contributed by atoms with van der Waals surface area (Å²) in [6, 6.07) is 4.37. The Morgan fingerprint density at radius 3 is 2.96 bits per heavy atom. The molecule has 0 bridgehead atoms. The molecular formula is C17H29ClIN5O. The molecule has 2 rings (SSSR count). The lowest BCUT2D eigenvalue weighted by Gasteiger charge is -2.25. The van der Waals surface area contributed by atoms with E-state index in [1.807, 2.05) is 18.3 Å². The summed E-state index contributed by atoms with van der Waals surface area (Å²) >= 11 is 5.80. The van der Waals surface area contributed by atoms with Crippen LogP contribution in [0.25, 0.3) is 0 Å². The van der Waals surface area contributed by atoms with Gasteiger partial charge in [-0.05, 0) is 37.4 Å². The Labute approximate surface area is 172 Å². The molecule has 25 heavy (non-hydrogen) atoms. The summed E-state index contributed by atoms with van der Waals surface area (Å²) in [6.45, 7) is 4.66. The van der Waals surface area contributed by atoms with Crippen molar-refractivity contribution in [2.24, 2.45) is 4.99 Å². The van der Waals surface area contributed by atoms with Crippen molar-refractivity contribution < 1.29 is 4.74 Å². The highest BCUT2D eigenvalue weighted by Crippen LogP contribution is 2.15. The highest BCUT2D eigenvalue weighted by Gasteiger charge is 2.23. The van der Waals surface area contributed by atoms with Gasteiger partial charge >= 0.3 is 0 Å². The molecule has 0 saturated carbocycles. The van der Waals surface area contributed by atoms with Crippen molar-refractivity contribution in [1.82, 2.24) is 20.5 Å². The fourth-order valence-corrected chi connectivity index (χ4v) is 3.06. The largest absolute Gasteiger partial charge is 0.383 e. The first kappa shape index (κ1) is 22.4. The Balaban J connectivity index is 0.00000312. The highest BCUT2D eigenvalue weighted by molar-refractivity contribution is 14.0. The molecule has 0 aromatic carbocycles. The molecule has 0 amide bonds. The predicted octanol–water partition coefficient (Wildman–Crippen LogP) is 2.17. The van der Waals surface area contributed by atoms with Gasteiger partial charge in [0, 0.05) is 46.0 Å². The minimum absolute atomic E-state index is 0. The Hall–Kier alpha value is -0.640. The van der Waals surface area contributed by atoms with Crippen LogP contribution in [-0.2, 0) is 11.2 Å². The first-order valence-corrected chi connectivity index (χ1v) is 8.88. The van der Waals surface area contributed by atoms with Crippen molar-refractivity contribution >= 4 is 41.5 Å². The SMILES string of the molecule is CN=C(NCCc1ccc(Cl)nc1)NCC1CCCN1CCOC.I. The lowest BCUT2D eigenvalue weighted by Crippen LogP contribution is -2.45. The lowest BCUT2D eigenvalue weighted by atomic mass is 10.2. The molecule has 1 atom stereocenters. The van der Waals surface area contributed by atoms with Crippen LogP contribution in [0.2, 0.25) is 5.15 Å². The van der Waals surface area contributed by atoms with Crippen molar-refractivity contribution in [1.29, 1.82) is 0 Å².